The van der Waals surface area contributed by atoms with Crippen molar-refractivity contribution in [2.24, 2.45) is 0 Å². The van der Waals surface area contributed by atoms with Crippen LogP contribution < -0.4 is 0 Å². The third-order valence-corrected chi connectivity index (χ3v) is 3.20. The molecule has 0 rings (SSSR count). The zero-order valence-corrected chi connectivity index (χ0v) is 11.9. The monoisotopic (exact) mass is 368 g/mol. The van der Waals surface area contributed by atoms with E-state index >= 15 is 0 Å². The van der Waals surface area contributed by atoms with Gasteiger partial charge in [0.2, 0.25) is 0 Å². The Balaban J connectivity index is 5.26. The van der Waals surface area contributed by atoms with Crippen LogP contribution in [0.4, 0.5) is 48.3 Å². The maximum absolute atomic E-state index is 13.2. The highest BCUT2D eigenvalue weighted by Gasteiger charge is 2.86. The number of hydrogen-bond acceptors (Lipinski definition) is 0. The predicted octanol–water partition coefficient (Wildman–Crippen LogP) is 6.45. The normalized spacial score (nSPS) is 15.1. The van der Waals surface area contributed by atoms with E-state index in [1.807, 2.05) is 0 Å². The molecule has 0 saturated heterocycles. The summed E-state index contributed by atoms with van der Waals surface area (Å²) in [6.07, 6.45) is -8.29. The molecule has 0 aromatic carbocycles. The first-order valence-corrected chi connectivity index (χ1v) is 6.64. The zero-order chi connectivity index (χ0) is 18.7. The summed E-state index contributed by atoms with van der Waals surface area (Å²) < 4.78 is 139. The first-order chi connectivity index (χ1) is 10.1. The summed E-state index contributed by atoms with van der Waals surface area (Å²) in [6, 6.07) is 0. The Morgan fingerprint density at radius 3 is 1.35 bits per heavy atom. The van der Waals surface area contributed by atoms with E-state index in [0.29, 0.717) is 19.3 Å². The summed E-state index contributed by atoms with van der Waals surface area (Å²) in [5.41, 5.74) is 0. The van der Waals surface area contributed by atoms with Crippen molar-refractivity contribution in [1.82, 2.24) is 0 Å². The lowest BCUT2D eigenvalue weighted by molar-refractivity contribution is -0.422. The second-order valence-electron chi connectivity index (χ2n) is 5.09. The number of unbranched alkanes of at least 4 members (excludes halogenated alkanes) is 4. The Morgan fingerprint density at radius 2 is 0.957 bits per heavy atom. The fourth-order valence-electron chi connectivity index (χ4n) is 1.71. The average molecular weight is 368 g/mol. The molecule has 0 aliphatic carbocycles. The predicted molar refractivity (Wildman–Crippen MR) is 59.2 cm³/mol. The number of halogens is 11. The molecule has 0 N–H and O–H groups in total. The Bertz CT molecular complexity index is 370. The molecule has 0 amide bonds. The molecule has 0 aromatic rings. The van der Waals surface area contributed by atoms with E-state index in [-0.39, 0.29) is 6.42 Å². The molecule has 0 spiro atoms. The Morgan fingerprint density at radius 1 is 0.522 bits per heavy atom. The van der Waals surface area contributed by atoms with Gasteiger partial charge in [-0.15, -0.1) is 0 Å². The lowest BCUT2D eigenvalue weighted by atomic mass is 9.94. The molecule has 0 fully saturated rings. The smallest absolute Gasteiger partial charge is 0.200 e. The first kappa shape index (κ1) is 22.2. The van der Waals surface area contributed by atoms with Gasteiger partial charge in [0.05, 0.1) is 0 Å². The van der Waals surface area contributed by atoms with Crippen molar-refractivity contribution < 1.29 is 48.3 Å². The molecule has 0 atom stereocenters. The van der Waals surface area contributed by atoms with Crippen molar-refractivity contribution in [3.63, 3.8) is 0 Å². The molecular weight excluding hydrogens is 353 g/mol. The largest absolute Gasteiger partial charge is 0.460 e. The summed E-state index contributed by atoms with van der Waals surface area (Å²) in [5.74, 6) is -27.2. The Labute approximate surface area is 125 Å². The third kappa shape index (κ3) is 4.20. The van der Waals surface area contributed by atoms with Gasteiger partial charge in [0.25, 0.3) is 0 Å². The second-order valence-corrected chi connectivity index (χ2v) is 5.09. The molecule has 0 radical (unpaired) electrons. The summed E-state index contributed by atoms with van der Waals surface area (Å²) >= 11 is 0. The third-order valence-electron chi connectivity index (χ3n) is 3.20. The van der Waals surface area contributed by atoms with Gasteiger partial charge < -0.3 is 0 Å². The zero-order valence-electron chi connectivity index (χ0n) is 11.9. The highest BCUT2D eigenvalue weighted by atomic mass is 19.4. The van der Waals surface area contributed by atoms with Crippen LogP contribution in [0.2, 0.25) is 0 Å². The standard InChI is InChI=1S/C12H15F11/c1-2-3-4-5-6-7-8(13,14)9(15,16)10(17,18)11(19,20)12(21,22)23/h2-7H2,1H3. The van der Waals surface area contributed by atoms with Gasteiger partial charge in [0.1, 0.15) is 0 Å². The van der Waals surface area contributed by atoms with Crippen molar-refractivity contribution in [3.05, 3.63) is 0 Å². The molecule has 0 aliphatic rings. The quantitative estimate of drug-likeness (QED) is 0.324. The maximum atomic E-state index is 13.2. The average Bonchev–Trinajstić information content (AvgIpc) is 2.36. The van der Waals surface area contributed by atoms with E-state index in [1.54, 1.807) is 6.92 Å². The van der Waals surface area contributed by atoms with Crippen LogP contribution in [0.3, 0.4) is 0 Å². The van der Waals surface area contributed by atoms with Crippen molar-refractivity contribution in [2.45, 2.75) is 75.3 Å². The van der Waals surface area contributed by atoms with Crippen LogP contribution in [-0.2, 0) is 0 Å². The minimum atomic E-state index is -7.30. The molecule has 0 nitrogen and oxygen atoms in total. The molecule has 0 aromatic heterocycles. The van der Waals surface area contributed by atoms with Crippen molar-refractivity contribution >= 4 is 0 Å². The first-order valence-electron chi connectivity index (χ1n) is 6.64. The molecule has 0 aliphatic heterocycles. The minimum Gasteiger partial charge on any atom is -0.200 e. The van der Waals surface area contributed by atoms with E-state index < -0.39 is 42.7 Å². The highest BCUT2D eigenvalue weighted by molar-refractivity contribution is 5.06. The van der Waals surface area contributed by atoms with Gasteiger partial charge in [-0.25, -0.2) is 0 Å². The van der Waals surface area contributed by atoms with Crippen molar-refractivity contribution in [2.75, 3.05) is 0 Å². The van der Waals surface area contributed by atoms with E-state index in [9.17, 15) is 48.3 Å². The van der Waals surface area contributed by atoms with Gasteiger partial charge in [-0.05, 0) is 6.42 Å². The van der Waals surface area contributed by atoms with Gasteiger partial charge in [0.15, 0.2) is 0 Å². The van der Waals surface area contributed by atoms with Crippen LogP contribution in [0, 0.1) is 0 Å². The van der Waals surface area contributed by atoms with Crippen LogP contribution in [-0.4, -0.2) is 29.9 Å². The van der Waals surface area contributed by atoms with Crippen LogP contribution in [0.1, 0.15) is 45.4 Å². The maximum Gasteiger partial charge on any atom is 0.460 e. The lowest BCUT2D eigenvalue weighted by Crippen LogP contribution is -2.66. The molecule has 0 bridgehead atoms. The van der Waals surface area contributed by atoms with Crippen LogP contribution >= 0.6 is 0 Å². The fraction of sp³-hybridized carbons (Fsp3) is 1.00. The van der Waals surface area contributed by atoms with Crippen LogP contribution in [0.15, 0.2) is 0 Å². The van der Waals surface area contributed by atoms with Gasteiger partial charge in [-0.2, -0.15) is 48.3 Å². The second kappa shape index (κ2) is 7.00. The summed E-state index contributed by atoms with van der Waals surface area (Å²) in [5, 5.41) is 0. The van der Waals surface area contributed by atoms with Gasteiger partial charge in [-0.1, -0.05) is 32.6 Å². The van der Waals surface area contributed by atoms with Crippen molar-refractivity contribution in [1.29, 1.82) is 0 Å². The Hall–Kier alpha value is -0.770. The van der Waals surface area contributed by atoms with Gasteiger partial charge >= 0.3 is 29.9 Å². The molecule has 140 valence electrons. The molecule has 11 heteroatoms. The summed E-state index contributed by atoms with van der Waals surface area (Å²) in [7, 11) is 0. The fourth-order valence-corrected chi connectivity index (χ4v) is 1.71. The molecular formula is C12H15F11. The van der Waals surface area contributed by atoms with Gasteiger partial charge in [-0.3, -0.25) is 0 Å². The Kier molecular flexibility index (Phi) is 6.77. The SMILES string of the molecule is CCCCCCCC(F)(F)C(F)(F)C(F)(F)C(F)(F)C(F)(F)F. The van der Waals surface area contributed by atoms with E-state index in [4.69, 9.17) is 0 Å². The van der Waals surface area contributed by atoms with E-state index in [2.05, 4.69) is 0 Å². The molecule has 23 heavy (non-hydrogen) atoms. The van der Waals surface area contributed by atoms with E-state index in [0.717, 1.165) is 0 Å². The van der Waals surface area contributed by atoms with E-state index in [1.165, 1.54) is 0 Å². The molecule has 0 heterocycles. The minimum absolute atomic E-state index is 0.0687. The topological polar surface area (TPSA) is 0 Å². The van der Waals surface area contributed by atoms with Gasteiger partial charge in [0, 0.05) is 6.42 Å². The number of alkyl halides is 11. The summed E-state index contributed by atoms with van der Waals surface area (Å²) in [4.78, 5) is 0. The van der Waals surface area contributed by atoms with Crippen LogP contribution in [0.25, 0.3) is 0 Å². The summed E-state index contributed by atoms with van der Waals surface area (Å²) in [6.45, 7) is 1.74. The number of hydrogen-bond donors (Lipinski definition) is 0. The van der Waals surface area contributed by atoms with Crippen LogP contribution in [0.5, 0.6) is 0 Å². The molecule has 0 saturated carbocycles. The highest BCUT2D eigenvalue weighted by Crippen LogP contribution is 2.58. The lowest BCUT2D eigenvalue weighted by Gasteiger charge is -2.37. The van der Waals surface area contributed by atoms with Crippen molar-refractivity contribution in [3.8, 4) is 0 Å². The molecule has 0 unspecified atom stereocenters. The number of rotatable bonds is 9.